The van der Waals surface area contributed by atoms with Gasteiger partial charge in [-0.1, -0.05) is 12.8 Å². The summed E-state index contributed by atoms with van der Waals surface area (Å²) in [5.41, 5.74) is 0. The van der Waals surface area contributed by atoms with Gasteiger partial charge in [0.2, 0.25) is 0 Å². The summed E-state index contributed by atoms with van der Waals surface area (Å²) < 4.78 is 22.7. The van der Waals surface area contributed by atoms with Gasteiger partial charge >= 0.3 is 0 Å². The fourth-order valence-electron chi connectivity index (χ4n) is 5.60. The zero-order valence-electron chi connectivity index (χ0n) is 16.8. The van der Waals surface area contributed by atoms with Gasteiger partial charge in [0, 0.05) is 12.4 Å². The average molecular weight is 391 g/mol. The van der Waals surface area contributed by atoms with E-state index in [0.29, 0.717) is 49.7 Å². The van der Waals surface area contributed by atoms with E-state index >= 15 is 0 Å². The van der Waals surface area contributed by atoms with E-state index in [1.807, 2.05) is 0 Å². The van der Waals surface area contributed by atoms with E-state index in [4.69, 9.17) is 28.9 Å². The third-order valence-corrected chi connectivity index (χ3v) is 7.34. The predicted octanol–water partition coefficient (Wildman–Crippen LogP) is 3.52. The first-order valence-electron chi connectivity index (χ1n) is 11.4. The van der Waals surface area contributed by atoms with Crippen LogP contribution in [0.1, 0.15) is 64.2 Å². The summed E-state index contributed by atoms with van der Waals surface area (Å²) in [4.78, 5) is 10.1. The Bertz CT molecular complexity index is 533. The van der Waals surface area contributed by atoms with Gasteiger partial charge in [-0.15, -0.1) is 0 Å². The van der Waals surface area contributed by atoms with E-state index in [1.54, 1.807) is 0 Å². The monoisotopic (exact) mass is 390 g/mol. The lowest BCUT2D eigenvalue weighted by atomic mass is 9.85. The molecule has 3 aliphatic carbocycles. The molecular formula is C22H34N2O4. The number of aliphatic imine (C=N–C) groups is 2. The predicted molar refractivity (Wildman–Crippen MR) is 107 cm³/mol. The zero-order valence-corrected chi connectivity index (χ0v) is 16.8. The molecule has 0 bridgehead atoms. The largest absolute Gasteiger partial charge is 0.349 e. The number of hydrogen-bond acceptors (Lipinski definition) is 6. The van der Waals surface area contributed by atoms with Crippen molar-refractivity contribution < 1.29 is 18.9 Å². The molecule has 6 heteroatoms. The lowest BCUT2D eigenvalue weighted by Crippen LogP contribution is -2.33. The minimum Gasteiger partial charge on any atom is -0.349 e. The van der Waals surface area contributed by atoms with Crippen LogP contribution in [-0.4, -0.2) is 62.5 Å². The van der Waals surface area contributed by atoms with Crippen molar-refractivity contribution in [2.75, 3.05) is 13.6 Å². The van der Waals surface area contributed by atoms with Crippen molar-refractivity contribution in [2.24, 2.45) is 21.8 Å². The highest BCUT2D eigenvalue weighted by molar-refractivity contribution is 5.62. The summed E-state index contributed by atoms with van der Waals surface area (Å²) in [5.74, 6) is 1.06. The molecule has 0 aromatic heterocycles. The van der Waals surface area contributed by atoms with Crippen LogP contribution in [0, 0.1) is 11.8 Å². The van der Waals surface area contributed by atoms with Crippen LogP contribution in [0.25, 0.3) is 0 Å². The van der Waals surface area contributed by atoms with Crippen LogP contribution in [-0.2, 0) is 18.9 Å². The standard InChI is InChI=1S/C22H34N2O4/c1-2-4-18(24-12-16-6-8-20-22(10-16)28-14-26-20)17(3-1)23-11-15-5-7-19-21(9-15)27-13-25-19/h11-12,15-22H,1-10,13-14H2. The van der Waals surface area contributed by atoms with Crippen LogP contribution in [0.4, 0.5) is 0 Å². The molecule has 28 heavy (non-hydrogen) atoms. The maximum Gasteiger partial charge on any atom is 0.147 e. The molecule has 0 spiro atoms. The van der Waals surface area contributed by atoms with Crippen molar-refractivity contribution in [1.29, 1.82) is 0 Å². The topological polar surface area (TPSA) is 61.6 Å². The van der Waals surface area contributed by atoms with Crippen molar-refractivity contribution in [3.05, 3.63) is 0 Å². The van der Waals surface area contributed by atoms with Crippen LogP contribution in [0.2, 0.25) is 0 Å². The van der Waals surface area contributed by atoms with Crippen LogP contribution >= 0.6 is 0 Å². The molecule has 2 saturated heterocycles. The molecule has 2 heterocycles. The highest BCUT2D eigenvalue weighted by atomic mass is 16.7. The number of rotatable bonds is 4. The molecule has 5 aliphatic rings. The second kappa shape index (κ2) is 8.90. The summed E-state index contributed by atoms with van der Waals surface area (Å²) in [6, 6.07) is 0.705. The van der Waals surface area contributed by atoms with E-state index < -0.39 is 0 Å². The Kier molecular flexibility index (Phi) is 6.09. The molecule has 156 valence electrons. The van der Waals surface area contributed by atoms with Crippen molar-refractivity contribution >= 4 is 12.4 Å². The molecule has 0 aromatic carbocycles. The second-order valence-corrected chi connectivity index (χ2v) is 9.22. The molecule has 2 aliphatic heterocycles. The fraction of sp³-hybridized carbons (Fsp3) is 0.909. The van der Waals surface area contributed by atoms with E-state index in [-0.39, 0.29) is 12.2 Å². The Morgan fingerprint density at radius 3 is 1.50 bits per heavy atom. The van der Waals surface area contributed by atoms with Crippen molar-refractivity contribution in [3.63, 3.8) is 0 Å². The van der Waals surface area contributed by atoms with Gasteiger partial charge in [-0.05, 0) is 63.2 Å². The Morgan fingerprint density at radius 1 is 0.536 bits per heavy atom. The summed E-state index contributed by atoms with van der Waals surface area (Å²) in [7, 11) is 0. The lowest BCUT2D eigenvalue weighted by molar-refractivity contribution is 0.0390. The van der Waals surface area contributed by atoms with Gasteiger partial charge in [-0.25, -0.2) is 0 Å². The van der Waals surface area contributed by atoms with E-state index in [9.17, 15) is 0 Å². The first-order valence-corrected chi connectivity index (χ1v) is 11.4. The van der Waals surface area contributed by atoms with Crippen molar-refractivity contribution in [1.82, 2.24) is 0 Å². The Morgan fingerprint density at radius 2 is 1.00 bits per heavy atom. The molecule has 0 aromatic rings. The Balaban J connectivity index is 1.16. The normalized spacial score (nSPS) is 46.9. The van der Waals surface area contributed by atoms with Crippen molar-refractivity contribution in [3.8, 4) is 0 Å². The van der Waals surface area contributed by atoms with Gasteiger partial charge in [0.05, 0.1) is 36.5 Å². The van der Waals surface area contributed by atoms with Gasteiger partial charge in [-0.2, -0.15) is 0 Å². The number of nitrogens with zero attached hydrogens (tertiary/aromatic N) is 2. The van der Waals surface area contributed by atoms with Gasteiger partial charge in [0.1, 0.15) is 13.6 Å². The SMILES string of the molecule is C(=NC1CCCCC1N=CC1CCC2OCOC2C1)C1CCC2OCOC2C1. The summed E-state index contributed by atoms with van der Waals surface area (Å²) in [6.07, 6.45) is 17.2. The molecule has 3 saturated carbocycles. The third kappa shape index (κ3) is 4.35. The molecule has 0 N–H and O–H groups in total. The molecule has 0 amide bonds. The van der Waals surface area contributed by atoms with Crippen LogP contribution in [0.3, 0.4) is 0 Å². The molecule has 6 nitrogen and oxygen atoms in total. The average Bonchev–Trinajstić information content (AvgIpc) is 3.39. The summed E-state index contributed by atoms with van der Waals surface area (Å²) >= 11 is 0. The first-order chi connectivity index (χ1) is 13.8. The van der Waals surface area contributed by atoms with Crippen LogP contribution in [0.5, 0.6) is 0 Å². The van der Waals surface area contributed by atoms with Gasteiger partial charge in [0.25, 0.3) is 0 Å². The molecule has 8 unspecified atom stereocenters. The third-order valence-electron chi connectivity index (χ3n) is 7.34. The van der Waals surface area contributed by atoms with Gasteiger partial charge in [0.15, 0.2) is 0 Å². The lowest BCUT2D eigenvalue weighted by Gasteiger charge is -2.30. The van der Waals surface area contributed by atoms with Crippen molar-refractivity contribution in [2.45, 2.75) is 101 Å². The highest BCUT2D eigenvalue weighted by Gasteiger charge is 2.36. The fourth-order valence-corrected chi connectivity index (χ4v) is 5.60. The van der Waals surface area contributed by atoms with E-state index in [2.05, 4.69) is 12.4 Å². The van der Waals surface area contributed by atoms with Gasteiger partial charge < -0.3 is 18.9 Å². The Labute approximate surface area is 168 Å². The molecule has 8 atom stereocenters. The maximum atomic E-state index is 5.71. The summed E-state index contributed by atoms with van der Waals surface area (Å²) in [5, 5.41) is 0. The molecule has 5 rings (SSSR count). The number of fused-ring (bicyclic) bond motifs is 2. The van der Waals surface area contributed by atoms with E-state index in [1.165, 1.54) is 38.5 Å². The first kappa shape index (κ1) is 19.2. The number of ether oxygens (including phenoxy) is 4. The second-order valence-electron chi connectivity index (χ2n) is 9.22. The Hall–Kier alpha value is -0.820. The zero-order chi connectivity index (χ0) is 18.8. The summed E-state index contributed by atoms with van der Waals surface area (Å²) in [6.45, 7) is 0.942. The van der Waals surface area contributed by atoms with Crippen LogP contribution in [0.15, 0.2) is 9.98 Å². The minimum absolute atomic E-state index is 0.280. The van der Waals surface area contributed by atoms with E-state index in [0.717, 1.165) is 25.7 Å². The quantitative estimate of drug-likeness (QED) is 0.689. The maximum absolute atomic E-state index is 5.71. The molecule has 0 radical (unpaired) electrons. The highest BCUT2D eigenvalue weighted by Crippen LogP contribution is 2.33. The van der Waals surface area contributed by atoms with Gasteiger partial charge in [-0.3, -0.25) is 9.98 Å². The molecular weight excluding hydrogens is 356 g/mol. The molecule has 5 fully saturated rings. The minimum atomic E-state index is 0.280. The number of hydrogen-bond donors (Lipinski definition) is 0. The van der Waals surface area contributed by atoms with Crippen LogP contribution < -0.4 is 0 Å². The smallest absolute Gasteiger partial charge is 0.147 e.